The molecule has 9 nitrogen and oxygen atoms in total. The first-order valence-corrected chi connectivity index (χ1v) is 8.30. The molecule has 0 atom stereocenters. The van der Waals surface area contributed by atoms with E-state index in [1.54, 1.807) is 30.3 Å². The molecule has 4 N–H and O–H groups in total. The molecule has 0 spiro atoms. The summed E-state index contributed by atoms with van der Waals surface area (Å²) in [5, 5.41) is 17.2. The summed E-state index contributed by atoms with van der Waals surface area (Å²) in [7, 11) is 0. The predicted octanol–water partition coefficient (Wildman–Crippen LogP) is 2.54. The van der Waals surface area contributed by atoms with Crippen molar-refractivity contribution in [2.45, 2.75) is 13.3 Å². The Morgan fingerprint density at radius 3 is 2.70 bits per heavy atom. The van der Waals surface area contributed by atoms with E-state index in [1.165, 1.54) is 6.20 Å². The molecular weight excluding hydrogens is 348 g/mol. The van der Waals surface area contributed by atoms with Crippen molar-refractivity contribution in [3.8, 4) is 0 Å². The number of pyridine rings is 1. The van der Waals surface area contributed by atoms with Crippen molar-refractivity contribution in [3.05, 3.63) is 48.2 Å². The molecule has 0 unspecified atom stereocenters. The second-order valence-electron chi connectivity index (χ2n) is 5.67. The van der Waals surface area contributed by atoms with Crippen LogP contribution in [0.3, 0.4) is 0 Å². The number of benzene rings is 1. The van der Waals surface area contributed by atoms with Gasteiger partial charge in [0.25, 0.3) is 0 Å². The van der Waals surface area contributed by atoms with Crippen molar-refractivity contribution in [2.75, 3.05) is 17.2 Å². The molecule has 0 bridgehead atoms. The fraction of sp³-hybridized carbons (Fsp3) is 0.167. The minimum atomic E-state index is -0.890. The highest BCUT2D eigenvalue weighted by atomic mass is 16.4. The normalized spacial score (nSPS) is 10.4. The van der Waals surface area contributed by atoms with Crippen LogP contribution >= 0.6 is 0 Å². The average Bonchev–Trinajstić information content (AvgIpc) is 2.61. The van der Waals surface area contributed by atoms with E-state index in [0.29, 0.717) is 40.6 Å². The number of hydrogen-bond donors (Lipinski definition) is 4. The summed E-state index contributed by atoms with van der Waals surface area (Å²) < 4.78 is 0. The van der Waals surface area contributed by atoms with E-state index in [9.17, 15) is 9.59 Å². The van der Waals surface area contributed by atoms with Gasteiger partial charge in [-0.2, -0.15) is 0 Å². The van der Waals surface area contributed by atoms with Gasteiger partial charge in [-0.15, -0.1) is 0 Å². The van der Waals surface area contributed by atoms with Crippen molar-refractivity contribution < 1.29 is 14.7 Å². The molecule has 3 rings (SSSR count). The van der Waals surface area contributed by atoms with E-state index in [2.05, 4.69) is 30.9 Å². The number of amides is 2. The van der Waals surface area contributed by atoms with Crippen molar-refractivity contribution in [1.82, 2.24) is 20.3 Å². The summed E-state index contributed by atoms with van der Waals surface area (Å²) in [6.45, 7) is 2.32. The Balaban J connectivity index is 1.81. The maximum absolute atomic E-state index is 11.6. The van der Waals surface area contributed by atoms with Gasteiger partial charge in [-0.1, -0.05) is 12.1 Å². The van der Waals surface area contributed by atoms with Gasteiger partial charge in [0.2, 0.25) is 0 Å². The van der Waals surface area contributed by atoms with Crippen LogP contribution in [0.1, 0.15) is 12.5 Å². The highest BCUT2D eigenvalue weighted by Crippen LogP contribution is 2.19. The average molecular weight is 366 g/mol. The molecular formula is C18H18N6O3. The number of carbonyl (C=O) groups excluding carboxylic acids is 1. The quantitative estimate of drug-likeness (QED) is 0.527. The van der Waals surface area contributed by atoms with Crippen molar-refractivity contribution in [1.29, 1.82) is 0 Å². The first-order chi connectivity index (χ1) is 13.0. The minimum Gasteiger partial charge on any atom is -0.481 e. The SMILES string of the molecule is CCNC(=O)Nc1cnc2ccc(Nc3cccc(CC(=O)O)c3)nc2n1. The van der Waals surface area contributed by atoms with Crippen LogP contribution in [0.4, 0.5) is 22.1 Å². The number of rotatable bonds is 6. The summed E-state index contributed by atoms with van der Waals surface area (Å²) in [6, 6.07) is 10.2. The monoisotopic (exact) mass is 366 g/mol. The number of carboxylic acids is 1. The second kappa shape index (κ2) is 8.09. The highest BCUT2D eigenvalue weighted by Gasteiger charge is 2.07. The van der Waals surface area contributed by atoms with Crippen LogP contribution in [0.5, 0.6) is 0 Å². The molecule has 1 aromatic carbocycles. The molecule has 138 valence electrons. The molecule has 27 heavy (non-hydrogen) atoms. The number of urea groups is 1. The van der Waals surface area contributed by atoms with E-state index in [1.807, 2.05) is 13.0 Å². The molecule has 0 saturated carbocycles. The number of nitrogens with zero attached hydrogens (tertiary/aromatic N) is 3. The van der Waals surface area contributed by atoms with Crippen molar-refractivity contribution >= 4 is 40.5 Å². The lowest BCUT2D eigenvalue weighted by atomic mass is 10.1. The van der Waals surface area contributed by atoms with Crippen molar-refractivity contribution in [2.24, 2.45) is 0 Å². The lowest BCUT2D eigenvalue weighted by Crippen LogP contribution is -2.28. The van der Waals surface area contributed by atoms with Gasteiger partial charge in [0, 0.05) is 12.2 Å². The number of carbonyl (C=O) groups is 2. The molecule has 2 amide bonds. The Kier molecular flexibility index (Phi) is 5.41. The smallest absolute Gasteiger partial charge is 0.320 e. The van der Waals surface area contributed by atoms with Gasteiger partial charge < -0.3 is 15.7 Å². The summed E-state index contributed by atoms with van der Waals surface area (Å²) in [6.07, 6.45) is 1.41. The number of nitrogens with one attached hydrogen (secondary N) is 3. The molecule has 2 heterocycles. The Labute approximate surface area is 154 Å². The lowest BCUT2D eigenvalue weighted by Gasteiger charge is -2.09. The highest BCUT2D eigenvalue weighted by molar-refractivity contribution is 5.89. The third-order valence-corrected chi connectivity index (χ3v) is 3.54. The molecule has 0 saturated heterocycles. The Bertz CT molecular complexity index is 992. The summed E-state index contributed by atoms with van der Waals surface area (Å²) in [5.74, 6) is -0.0700. The molecule has 9 heteroatoms. The van der Waals surface area contributed by atoms with Gasteiger partial charge in [-0.3, -0.25) is 10.1 Å². The zero-order valence-electron chi connectivity index (χ0n) is 14.6. The number of anilines is 3. The van der Waals surface area contributed by atoms with Gasteiger partial charge >= 0.3 is 12.0 Å². The molecule has 0 fully saturated rings. The fourth-order valence-corrected chi connectivity index (χ4v) is 2.43. The Morgan fingerprint density at radius 1 is 1.11 bits per heavy atom. The number of fused-ring (bicyclic) bond motifs is 1. The standard InChI is InChI=1S/C18H18N6O3/c1-2-19-18(27)24-15-10-20-13-6-7-14(22-17(13)23-15)21-12-5-3-4-11(8-12)9-16(25)26/h3-8,10H,2,9H2,1H3,(H,25,26)(H3,19,21,22,23,24,27). The summed E-state index contributed by atoms with van der Waals surface area (Å²) in [4.78, 5) is 35.4. The lowest BCUT2D eigenvalue weighted by molar-refractivity contribution is -0.136. The van der Waals surface area contributed by atoms with Crippen LogP contribution in [-0.2, 0) is 11.2 Å². The van der Waals surface area contributed by atoms with Gasteiger partial charge in [-0.25, -0.2) is 19.7 Å². The number of aliphatic carboxylic acids is 1. The van der Waals surface area contributed by atoms with Gasteiger partial charge in [0.1, 0.15) is 11.3 Å². The van der Waals surface area contributed by atoms with Gasteiger partial charge in [0.05, 0.1) is 12.6 Å². The third kappa shape index (κ3) is 4.88. The van der Waals surface area contributed by atoms with Crippen LogP contribution in [0, 0.1) is 0 Å². The van der Waals surface area contributed by atoms with Crippen LogP contribution in [0.25, 0.3) is 11.2 Å². The zero-order valence-corrected chi connectivity index (χ0v) is 14.6. The number of hydrogen-bond acceptors (Lipinski definition) is 6. The zero-order chi connectivity index (χ0) is 19.2. The Morgan fingerprint density at radius 2 is 1.93 bits per heavy atom. The Hall–Kier alpha value is -3.75. The molecule has 0 aliphatic carbocycles. The summed E-state index contributed by atoms with van der Waals surface area (Å²) >= 11 is 0. The predicted molar refractivity (Wildman–Crippen MR) is 101 cm³/mol. The van der Waals surface area contributed by atoms with Crippen LogP contribution in [0.15, 0.2) is 42.6 Å². The largest absolute Gasteiger partial charge is 0.481 e. The molecule has 0 radical (unpaired) electrons. The third-order valence-electron chi connectivity index (χ3n) is 3.54. The van der Waals surface area contributed by atoms with Gasteiger partial charge in [0.15, 0.2) is 11.5 Å². The number of carboxylic acid groups (broad SMARTS) is 1. The van der Waals surface area contributed by atoms with E-state index in [4.69, 9.17) is 5.11 Å². The maximum atomic E-state index is 11.6. The van der Waals surface area contributed by atoms with Crippen LogP contribution in [0.2, 0.25) is 0 Å². The van der Waals surface area contributed by atoms with E-state index in [0.717, 1.165) is 0 Å². The first kappa shape index (κ1) is 18.1. The second-order valence-corrected chi connectivity index (χ2v) is 5.67. The molecule has 3 aromatic rings. The van der Waals surface area contributed by atoms with E-state index in [-0.39, 0.29) is 12.5 Å². The van der Waals surface area contributed by atoms with Gasteiger partial charge in [-0.05, 0) is 36.8 Å². The van der Waals surface area contributed by atoms with Crippen LogP contribution in [-0.4, -0.2) is 38.6 Å². The topological polar surface area (TPSA) is 129 Å². The van der Waals surface area contributed by atoms with E-state index < -0.39 is 5.97 Å². The minimum absolute atomic E-state index is 0.0546. The van der Waals surface area contributed by atoms with Crippen molar-refractivity contribution in [3.63, 3.8) is 0 Å². The van der Waals surface area contributed by atoms with Crippen LogP contribution < -0.4 is 16.0 Å². The summed E-state index contributed by atoms with van der Waals surface area (Å²) in [5.41, 5.74) is 2.35. The first-order valence-electron chi connectivity index (χ1n) is 8.30. The molecule has 0 aliphatic rings. The molecule has 0 aliphatic heterocycles. The van der Waals surface area contributed by atoms with E-state index >= 15 is 0 Å². The fourth-order valence-electron chi connectivity index (χ4n) is 2.43. The number of aromatic nitrogens is 3. The maximum Gasteiger partial charge on any atom is 0.320 e. The molecule has 2 aromatic heterocycles.